The molecule has 0 aliphatic carbocycles. The molecule has 0 bridgehead atoms. The topological polar surface area (TPSA) is 70.2 Å². The summed E-state index contributed by atoms with van der Waals surface area (Å²) in [4.78, 5) is 21.5. The molecule has 62 valence electrons. The predicted octanol–water partition coefficient (Wildman–Crippen LogP) is -1.19. The van der Waals surface area contributed by atoms with Crippen molar-refractivity contribution in [2.24, 2.45) is 0 Å². The summed E-state index contributed by atoms with van der Waals surface area (Å²) < 4.78 is 0. The normalized spacial score (nSPS) is 20.7. The molecule has 3 amide bonds. The van der Waals surface area contributed by atoms with E-state index >= 15 is 0 Å². The third-order valence-electron chi connectivity index (χ3n) is 1.37. The van der Waals surface area contributed by atoms with Gasteiger partial charge in [0.05, 0.1) is 0 Å². The molecule has 1 aliphatic rings. The Bertz CT molecular complexity index is 151. The van der Waals surface area contributed by atoms with Gasteiger partial charge in [-0.3, -0.25) is 10.1 Å². The lowest BCUT2D eigenvalue weighted by atomic mass is 10.4. The maximum Gasteiger partial charge on any atom is 0.321 e. The van der Waals surface area contributed by atoms with Crippen molar-refractivity contribution >= 4 is 11.9 Å². The monoisotopic (exact) mass is 157 g/mol. The van der Waals surface area contributed by atoms with Crippen LogP contribution in [0.4, 0.5) is 4.79 Å². The van der Waals surface area contributed by atoms with E-state index in [2.05, 4.69) is 16.0 Å². The number of hydrogen-bond donors (Lipinski definition) is 3. The standard InChI is InChI=1S/C6H11N3O2/c10-5-1-2-7-3-4-8-6(11)9-5/h7H,1-4H2,(H2,8,9,10,11). The Morgan fingerprint density at radius 2 is 1.91 bits per heavy atom. The second-order valence-corrected chi connectivity index (χ2v) is 2.30. The highest BCUT2D eigenvalue weighted by molar-refractivity contribution is 5.94. The molecule has 1 rings (SSSR count). The molecular formula is C6H11N3O2. The fourth-order valence-electron chi connectivity index (χ4n) is 0.825. The molecule has 5 heteroatoms. The van der Waals surface area contributed by atoms with Crippen LogP contribution in [-0.2, 0) is 4.79 Å². The first-order valence-electron chi connectivity index (χ1n) is 3.57. The van der Waals surface area contributed by atoms with Crippen molar-refractivity contribution in [3.63, 3.8) is 0 Å². The van der Waals surface area contributed by atoms with E-state index in [-0.39, 0.29) is 5.91 Å². The minimum absolute atomic E-state index is 0.239. The summed E-state index contributed by atoms with van der Waals surface area (Å²) in [5.74, 6) is -0.239. The highest BCUT2D eigenvalue weighted by Crippen LogP contribution is 1.79. The van der Waals surface area contributed by atoms with Crippen molar-refractivity contribution in [3.8, 4) is 0 Å². The smallest absolute Gasteiger partial charge is 0.321 e. The highest BCUT2D eigenvalue weighted by Gasteiger charge is 2.07. The Labute approximate surface area is 64.5 Å². The quantitative estimate of drug-likeness (QED) is 0.414. The van der Waals surface area contributed by atoms with E-state index < -0.39 is 6.03 Å². The van der Waals surface area contributed by atoms with Crippen molar-refractivity contribution in [2.45, 2.75) is 6.42 Å². The van der Waals surface area contributed by atoms with Crippen molar-refractivity contribution < 1.29 is 9.59 Å². The molecule has 1 fully saturated rings. The van der Waals surface area contributed by atoms with Crippen molar-refractivity contribution in [3.05, 3.63) is 0 Å². The second kappa shape index (κ2) is 3.92. The zero-order valence-corrected chi connectivity index (χ0v) is 6.14. The number of nitrogens with one attached hydrogen (secondary N) is 3. The van der Waals surface area contributed by atoms with Gasteiger partial charge in [0, 0.05) is 26.1 Å². The largest absolute Gasteiger partial charge is 0.337 e. The van der Waals surface area contributed by atoms with Gasteiger partial charge in [-0.2, -0.15) is 0 Å². The third kappa shape index (κ3) is 2.99. The molecule has 0 aromatic carbocycles. The predicted molar refractivity (Wildman–Crippen MR) is 39.0 cm³/mol. The highest BCUT2D eigenvalue weighted by atomic mass is 16.2. The molecule has 0 saturated carbocycles. The van der Waals surface area contributed by atoms with E-state index in [1.54, 1.807) is 0 Å². The third-order valence-corrected chi connectivity index (χ3v) is 1.37. The molecule has 11 heavy (non-hydrogen) atoms. The molecule has 1 aliphatic heterocycles. The van der Waals surface area contributed by atoms with Crippen LogP contribution in [0.15, 0.2) is 0 Å². The Morgan fingerprint density at radius 1 is 1.09 bits per heavy atom. The van der Waals surface area contributed by atoms with E-state index in [1.807, 2.05) is 0 Å². The number of hydrogen-bond acceptors (Lipinski definition) is 3. The van der Waals surface area contributed by atoms with Gasteiger partial charge in [0.1, 0.15) is 0 Å². The average Bonchev–Trinajstić information content (AvgIpc) is 2.02. The van der Waals surface area contributed by atoms with Crippen LogP contribution in [0.1, 0.15) is 6.42 Å². The van der Waals surface area contributed by atoms with Crippen molar-refractivity contribution in [1.82, 2.24) is 16.0 Å². The van der Waals surface area contributed by atoms with Crippen LogP contribution >= 0.6 is 0 Å². The summed E-state index contributed by atoms with van der Waals surface area (Å²) in [6, 6.07) is -0.404. The van der Waals surface area contributed by atoms with Crippen LogP contribution in [0.25, 0.3) is 0 Å². The first-order chi connectivity index (χ1) is 5.29. The van der Waals surface area contributed by atoms with E-state index in [9.17, 15) is 9.59 Å². The Balaban J connectivity index is 2.39. The first-order valence-corrected chi connectivity index (χ1v) is 3.57. The van der Waals surface area contributed by atoms with Crippen molar-refractivity contribution in [2.75, 3.05) is 19.6 Å². The number of imide groups is 1. The summed E-state index contributed by atoms with van der Waals surface area (Å²) >= 11 is 0. The minimum Gasteiger partial charge on any atom is -0.337 e. The number of rotatable bonds is 0. The van der Waals surface area contributed by atoms with Crippen LogP contribution in [0.2, 0.25) is 0 Å². The molecule has 0 aromatic heterocycles. The Kier molecular flexibility index (Phi) is 2.85. The zero-order valence-electron chi connectivity index (χ0n) is 6.14. The van der Waals surface area contributed by atoms with Crippen LogP contribution < -0.4 is 16.0 Å². The number of carbonyl (C=O) groups excluding carboxylic acids is 2. The van der Waals surface area contributed by atoms with E-state index in [4.69, 9.17) is 0 Å². The SMILES string of the molecule is O=C1CCNCCNC(=O)N1. The first kappa shape index (κ1) is 8.00. The number of urea groups is 1. The summed E-state index contributed by atoms with van der Waals surface area (Å²) in [6.07, 6.45) is 0.355. The van der Waals surface area contributed by atoms with Gasteiger partial charge in [-0.05, 0) is 0 Å². The Hall–Kier alpha value is -1.10. The van der Waals surface area contributed by atoms with Crippen LogP contribution in [0, 0.1) is 0 Å². The van der Waals surface area contributed by atoms with Crippen LogP contribution in [-0.4, -0.2) is 31.6 Å². The zero-order chi connectivity index (χ0) is 8.10. The lowest BCUT2D eigenvalue weighted by Crippen LogP contribution is -2.39. The van der Waals surface area contributed by atoms with Gasteiger partial charge in [0.2, 0.25) is 5.91 Å². The van der Waals surface area contributed by atoms with Gasteiger partial charge in [-0.15, -0.1) is 0 Å². The molecule has 0 aromatic rings. The van der Waals surface area contributed by atoms with Gasteiger partial charge in [-0.1, -0.05) is 0 Å². The average molecular weight is 157 g/mol. The van der Waals surface area contributed by atoms with Crippen LogP contribution in [0.5, 0.6) is 0 Å². The fourth-order valence-corrected chi connectivity index (χ4v) is 0.825. The minimum atomic E-state index is -0.404. The second-order valence-electron chi connectivity index (χ2n) is 2.30. The van der Waals surface area contributed by atoms with Crippen molar-refractivity contribution in [1.29, 1.82) is 0 Å². The maximum absolute atomic E-state index is 10.8. The summed E-state index contributed by atoms with van der Waals surface area (Å²) in [7, 11) is 0. The van der Waals surface area contributed by atoms with E-state index in [1.165, 1.54) is 0 Å². The molecule has 1 heterocycles. The maximum atomic E-state index is 10.8. The lowest BCUT2D eigenvalue weighted by Gasteiger charge is -2.01. The van der Waals surface area contributed by atoms with Gasteiger partial charge >= 0.3 is 6.03 Å². The van der Waals surface area contributed by atoms with Gasteiger partial charge < -0.3 is 10.6 Å². The number of carbonyl (C=O) groups is 2. The summed E-state index contributed by atoms with van der Waals surface area (Å²) in [5.41, 5.74) is 0. The van der Waals surface area contributed by atoms with Crippen LogP contribution in [0.3, 0.4) is 0 Å². The molecule has 0 atom stereocenters. The molecule has 0 radical (unpaired) electrons. The summed E-state index contributed by atoms with van der Waals surface area (Å²) in [5, 5.41) is 7.72. The summed E-state index contributed by atoms with van der Waals surface area (Å²) in [6.45, 7) is 1.89. The fraction of sp³-hybridized carbons (Fsp3) is 0.667. The Morgan fingerprint density at radius 3 is 2.73 bits per heavy atom. The van der Waals surface area contributed by atoms with Gasteiger partial charge in [0.15, 0.2) is 0 Å². The lowest BCUT2D eigenvalue weighted by molar-refractivity contribution is -0.119. The molecular weight excluding hydrogens is 146 g/mol. The molecule has 0 unspecified atom stereocenters. The van der Waals surface area contributed by atoms with E-state index in [0.29, 0.717) is 26.1 Å². The molecule has 1 saturated heterocycles. The molecule has 5 nitrogen and oxygen atoms in total. The molecule has 3 N–H and O–H groups in total. The van der Waals surface area contributed by atoms with Gasteiger partial charge in [0.25, 0.3) is 0 Å². The van der Waals surface area contributed by atoms with E-state index in [0.717, 1.165) is 0 Å². The number of amides is 3. The molecule has 0 spiro atoms. The van der Waals surface area contributed by atoms with Gasteiger partial charge in [-0.25, -0.2) is 4.79 Å².